The normalized spacial score (nSPS) is 27.0. The molecule has 0 aromatic rings. The van der Waals surface area contributed by atoms with Crippen molar-refractivity contribution in [2.45, 2.75) is 39.9 Å². The Hall–Kier alpha value is -1.10. The Balaban J connectivity index is 2.70. The molecule has 1 aliphatic rings. The first kappa shape index (κ1) is 14.0. The maximum atomic E-state index is 12.1. The molecular weight excluding hydrogens is 222 g/mol. The Labute approximate surface area is 102 Å². The van der Waals surface area contributed by atoms with Crippen molar-refractivity contribution in [3.8, 4) is 0 Å². The molecule has 0 bridgehead atoms. The van der Waals surface area contributed by atoms with Gasteiger partial charge in [0.1, 0.15) is 0 Å². The van der Waals surface area contributed by atoms with Crippen LogP contribution in [0.3, 0.4) is 0 Å². The monoisotopic (exact) mass is 243 g/mol. The average Bonchev–Trinajstić information content (AvgIpc) is 2.25. The largest absolute Gasteiger partial charge is 0.479 e. The molecule has 0 spiro atoms. The number of rotatable bonds is 3. The second-order valence-corrected chi connectivity index (χ2v) is 5.05. The van der Waals surface area contributed by atoms with Crippen LogP contribution >= 0.6 is 0 Å². The summed E-state index contributed by atoms with van der Waals surface area (Å²) in [5.74, 6) is -0.827. The smallest absolute Gasteiger partial charge is 0.334 e. The highest BCUT2D eigenvalue weighted by atomic mass is 16.5. The summed E-state index contributed by atoms with van der Waals surface area (Å²) >= 11 is 0. The Kier molecular flexibility index (Phi) is 4.51. The van der Waals surface area contributed by atoms with Crippen LogP contribution in [0.15, 0.2) is 0 Å². The third-order valence-corrected chi connectivity index (χ3v) is 3.24. The molecule has 1 rings (SSSR count). The van der Waals surface area contributed by atoms with Crippen molar-refractivity contribution in [3.63, 3.8) is 0 Å². The molecule has 0 radical (unpaired) electrons. The topological polar surface area (TPSA) is 66.8 Å². The predicted octanol–water partition coefficient (Wildman–Crippen LogP) is 0.979. The van der Waals surface area contributed by atoms with Gasteiger partial charge in [-0.15, -0.1) is 0 Å². The number of nitrogens with zero attached hydrogens (tertiary/aromatic N) is 1. The van der Waals surface area contributed by atoms with E-state index in [4.69, 9.17) is 9.84 Å². The number of amides is 1. The molecule has 17 heavy (non-hydrogen) atoms. The highest BCUT2D eigenvalue weighted by molar-refractivity contribution is 5.80. The van der Waals surface area contributed by atoms with Gasteiger partial charge in [-0.05, 0) is 12.8 Å². The van der Waals surface area contributed by atoms with Crippen LogP contribution in [0.4, 0.5) is 0 Å². The Bertz CT molecular complexity index is 303. The van der Waals surface area contributed by atoms with Gasteiger partial charge in [-0.1, -0.05) is 20.8 Å². The molecule has 0 aromatic heterocycles. The molecule has 1 amide bonds. The van der Waals surface area contributed by atoms with Crippen LogP contribution in [-0.2, 0) is 14.3 Å². The van der Waals surface area contributed by atoms with Gasteiger partial charge in [0.05, 0.1) is 12.6 Å². The van der Waals surface area contributed by atoms with Gasteiger partial charge in [0.25, 0.3) is 0 Å². The van der Waals surface area contributed by atoms with Crippen LogP contribution < -0.4 is 0 Å². The SMILES string of the molecule is CC(C)C(C)C(=O)N1CC(C(=O)O)O[C@H](C)C1. The van der Waals surface area contributed by atoms with E-state index in [-0.39, 0.29) is 30.4 Å². The number of hydrogen-bond donors (Lipinski definition) is 1. The van der Waals surface area contributed by atoms with Gasteiger partial charge in [0.15, 0.2) is 6.10 Å². The van der Waals surface area contributed by atoms with Crippen molar-refractivity contribution < 1.29 is 19.4 Å². The van der Waals surface area contributed by atoms with Crippen LogP contribution in [0.2, 0.25) is 0 Å². The van der Waals surface area contributed by atoms with Gasteiger partial charge in [0, 0.05) is 12.5 Å². The van der Waals surface area contributed by atoms with E-state index in [0.717, 1.165) is 0 Å². The number of carbonyl (C=O) groups excluding carboxylic acids is 1. The van der Waals surface area contributed by atoms with Crippen molar-refractivity contribution in [2.24, 2.45) is 11.8 Å². The van der Waals surface area contributed by atoms with Crippen LogP contribution in [0, 0.1) is 11.8 Å². The quantitative estimate of drug-likeness (QED) is 0.802. The Morgan fingerprint density at radius 2 is 1.88 bits per heavy atom. The van der Waals surface area contributed by atoms with Crippen LogP contribution in [0.25, 0.3) is 0 Å². The number of ether oxygens (including phenoxy) is 1. The maximum Gasteiger partial charge on any atom is 0.334 e. The second kappa shape index (κ2) is 5.49. The molecule has 98 valence electrons. The van der Waals surface area contributed by atoms with Crippen molar-refractivity contribution in [1.82, 2.24) is 4.90 Å². The molecule has 1 fully saturated rings. The van der Waals surface area contributed by atoms with E-state index in [0.29, 0.717) is 6.54 Å². The van der Waals surface area contributed by atoms with Crippen molar-refractivity contribution >= 4 is 11.9 Å². The van der Waals surface area contributed by atoms with Gasteiger partial charge >= 0.3 is 5.97 Å². The highest BCUT2D eigenvalue weighted by Gasteiger charge is 2.34. The average molecular weight is 243 g/mol. The molecule has 0 aromatic carbocycles. The Morgan fingerprint density at radius 1 is 1.29 bits per heavy atom. The molecule has 3 atom stereocenters. The van der Waals surface area contributed by atoms with Gasteiger partial charge in [-0.25, -0.2) is 4.79 Å². The molecule has 5 heteroatoms. The summed E-state index contributed by atoms with van der Waals surface area (Å²) in [5, 5.41) is 8.94. The predicted molar refractivity (Wildman–Crippen MR) is 62.6 cm³/mol. The lowest BCUT2D eigenvalue weighted by Crippen LogP contribution is -2.53. The van der Waals surface area contributed by atoms with E-state index in [1.165, 1.54) is 0 Å². The van der Waals surface area contributed by atoms with E-state index >= 15 is 0 Å². The minimum Gasteiger partial charge on any atom is -0.479 e. The lowest BCUT2D eigenvalue weighted by Gasteiger charge is -2.36. The van der Waals surface area contributed by atoms with Crippen LogP contribution in [0.5, 0.6) is 0 Å². The van der Waals surface area contributed by atoms with Crippen LogP contribution in [0.1, 0.15) is 27.7 Å². The lowest BCUT2D eigenvalue weighted by molar-refractivity contribution is -0.168. The van der Waals surface area contributed by atoms with E-state index < -0.39 is 12.1 Å². The Morgan fingerprint density at radius 3 is 2.35 bits per heavy atom. The zero-order chi connectivity index (χ0) is 13.2. The van der Waals surface area contributed by atoms with Gasteiger partial charge in [-0.3, -0.25) is 4.79 Å². The summed E-state index contributed by atoms with van der Waals surface area (Å²) in [6.07, 6.45) is -1.13. The number of aliphatic carboxylic acids is 1. The minimum atomic E-state index is -1.01. The molecule has 1 N–H and O–H groups in total. The number of carboxylic acid groups (broad SMARTS) is 1. The third-order valence-electron chi connectivity index (χ3n) is 3.24. The number of carboxylic acids is 1. The molecular formula is C12H21NO4. The molecule has 5 nitrogen and oxygen atoms in total. The van der Waals surface area contributed by atoms with Crippen molar-refractivity contribution in [1.29, 1.82) is 0 Å². The molecule has 0 aliphatic carbocycles. The van der Waals surface area contributed by atoms with E-state index in [2.05, 4.69) is 0 Å². The maximum absolute atomic E-state index is 12.1. The van der Waals surface area contributed by atoms with E-state index in [1.54, 1.807) is 11.8 Å². The van der Waals surface area contributed by atoms with E-state index in [1.807, 2.05) is 20.8 Å². The third kappa shape index (κ3) is 3.43. The molecule has 1 saturated heterocycles. The van der Waals surface area contributed by atoms with Gasteiger partial charge < -0.3 is 14.7 Å². The standard InChI is InChI=1S/C12H21NO4/c1-7(2)9(4)11(14)13-5-8(3)17-10(6-13)12(15)16/h7-10H,5-6H2,1-4H3,(H,15,16)/t8-,9?,10?/m1/s1. The fourth-order valence-corrected chi connectivity index (χ4v) is 1.84. The summed E-state index contributed by atoms with van der Waals surface area (Å²) in [6.45, 7) is 8.26. The summed E-state index contributed by atoms with van der Waals surface area (Å²) < 4.78 is 5.27. The van der Waals surface area contributed by atoms with Crippen LogP contribution in [-0.4, -0.2) is 47.2 Å². The number of hydrogen-bond acceptors (Lipinski definition) is 3. The molecule has 1 heterocycles. The lowest BCUT2D eigenvalue weighted by atomic mass is 9.96. The summed E-state index contributed by atoms with van der Waals surface area (Å²) in [6, 6.07) is 0. The fraction of sp³-hybridized carbons (Fsp3) is 0.833. The van der Waals surface area contributed by atoms with Crippen molar-refractivity contribution in [3.05, 3.63) is 0 Å². The molecule has 2 unspecified atom stereocenters. The van der Waals surface area contributed by atoms with Crippen molar-refractivity contribution in [2.75, 3.05) is 13.1 Å². The first-order valence-electron chi connectivity index (χ1n) is 6.00. The number of carbonyl (C=O) groups is 2. The second-order valence-electron chi connectivity index (χ2n) is 5.05. The van der Waals surface area contributed by atoms with E-state index in [9.17, 15) is 9.59 Å². The first-order valence-corrected chi connectivity index (χ1v) is 6.00. The van der Waals surface area contributed by atoms with Gasteiger partial charge in [0.2, 0.25) is 5.91 Å². The molecule has 1 aliphatic heterocycles. The zero-order valence-corrected chi connectivity index (χ0v) is 10.8. The summed E-state index contributed by atoms with van der Waals surface area (Å²) in [4.78, 5) is 24.6. The molecule has 0 saturated carbocycles. The number of morpholine rings is 1. The first-order chi connectivity index (χ1) is 7.82. The summed E-state index contributed by atoms with van der Waals surface area (Å²) in [5.41, 5.74) is 0. The fourth-order valence-electron chi connectivity index (χ4n) is 1.84. The van der Waals surface area contributed by atoms with Gasteiger partial charge in [-0.2, -0.15) is 0 Å². The minimum absolute atomic E-state index is 0.0152. The highest BCUT2D eigenvalue weighted by Crippen LogP contribution is 2.18. The summed E-state index contributed by atoms with van der Waals surface area (Å²) in [7, 11) is 0. The zero-order valence-electron chi connectivity index (χ0n) is 10.8.